The van der Waals surface area contributed by atoms with Crippen molar-refractivity contribution in [3.8, 4) is 5.69 Å². The van der Waals surface area contributed by atoms with Crippen LogP contribution in [0.25, 0.3) is 5.69 Å². The smallest absolute Gasteiger partial charge is 0.272 e. The van der Waals surface area contributed by atoms with Crippen LogP contribution >= 0.6 is 0 Å². The van der Waals surface area contributed by atoms with Crippen LogP contribution in [-0.2, 0) is 6.54 Å². The van der Waals surface area contributed by atoms with Crippen LogP contribution in [0.3, 0.4) is 0 Å². The van der Waals surface area contributed by atoms with Crippen LogP contribution in [0.1, 0.15) is 53.3 Å². The van der Waals surface area contributed by atoms with E-state index in [1.807, 2.05) is 53.0 Å². The van der Waals surface area contributed by atoms with Gasteiger partial charge in [-0.15, -0.1) is 0 Å². The Kier molecular flexibility index (Phi) is 5.03. The first-order chi connectivity index (χ1) is 14.7. The molecule has 30 heavy (non-hydrogen) atoms. The average molecular weight is 401 g/mol. The number of carbonyl (C=O) groups is 1. The van der Waals surface area contributed by atoms with Crippen molar-refractivity contribution >= 4 is 11.6 Å². The van der Waals surface area contributed by atoms with Gasteiger partial charge in [-0.1, -0.05) is 36.4 Å². The Morgan fingerprint density at radius 3 is 2.47 bits per heavy atom. The Bertz CT molecular complexity index is 1030. The van der Waals surface area contributed by atoms with Crippen molar-refractivity contribution in [2.75, 3.05) is 25.0 Å². The molecule has 0 unspecified atom stereocenters. The van der Waals surface area contributed by atoms with Gasteiger partial charge < -0.3 is 9.80 Å². The van der Waals surface area contributed by atoms with Gasteiger partial charge in [-0.3, -0.25) is 4.79 Å². The van der Waals surface area contributed by atoms with E-state index >= 15 is 0 Å². The van der Waals surface area contributed by atoms with Gasteiger partial charge in [0.2, 0.25) is 0 Å². The normalized spacial score (nSPS) is 16.1. The number of rotatable bonds is 6. The Labute approximate surface area is 177 Å². The minimum Gasteiger partial charge on any atom is -0.371 e. The summed E-state index contributed by atoms with van der Waals surface area (Å²) in [5, 5.41) is 4.79. The van der Waals surface area contributed by atoms with E-state index in [9.17, 15) is 4.79 Å². The fourth-order valence-corrected chi connectivity index (χ4v) is 4.33. The highest BCUT2D eigenvalue weighted by molar-refractivity contribution is 5.93. The number of amides is 1. The first kappa shape index (κ1) is 18.9. The van der Waals surface area contributed by atoms with Gasteiger partial charge in [-0.2, -0.15) is 5.10 Å². The van der Waals surface area contributed by atoms with E-state index in [4.69, 9.17) is 5.10 Å². The third-order valence-electron chi connectivity index (χ3n) is 6.14. The number of anilines is 1. The standard InChI is InChI=1S/C25H28N4O/c1-27(18-20-9-5-6-12-23(20)28-15-7-8-16-28)25(30)24-17-22(19-13-14-19)26-29(24)21-10-3-2-4-11-21/h2-6,9-12,17,19H,7-8,13-16,18H2,1H3. The molecule has 2 aromatic carbocycles. The maximum Gasteiger partial charge on any atom is 0.272 e. The van der Waals surface area contributed by atoms with Gasteiger partial charge in [0.05, 0.1) is 11.4 Å². The van der Waals surface area contributed by atoms with Gasteiger partial charge in [-0.05, 0) is 55.5 Å². The lowest BCUT2D eigenvalue weighted by atomic mass is 10.1. The summed E-state index contributed by atoms with van der Waals surface area (Å²) >= 11 is 0. The summed E-state index contributed by atoms with van der Waals surface area (Å²) < 4.78 is 1.82. The molecule has 1 amide bonds. The average Bonchev–Trinajstić information content (AvgIpc) is 3.31. The van der Waals surface area contributed by atoms with Gasteiger partial charge in [0.25, 0.3) is 5.91 Å². The topological polar surface area (TPSA) is 41.4 Å². The maximum atomic E-state index is 13.5. The monoisotopic (exact) mass is 400 g/mol. The van der Waals surface area contributed by atoms with E-state index in [0.29, 0.717) is 18.2 Å². The lowest BCUT2D eigenvalue weighted by molar-refractivity contribution is 0.0776. The number of nitrogens with zero attached hydrogens (tertiary/aromatic N) is 4. The number of benzene rings is 2. The molecule has 0 radical (unpaired) electrons. The maximum absolute atomic E-state index is 13.5. The summed E-state index contributed by atoms with van der Waals surface area (Å²) in [4.78, 5) is 17.7. The van der Waals surface area contributed by atoms with E-state index in [2.05, 4.69) is 29.2 Å². The summed E-state index contributed by atoms with van der Waals surface area (Å²) in [7, 11) is 1.89. The molecule has 5 rings (SSSR count). The molecule has 1 aliphatic carbocycles. The van der Waals surface area contributed by atoms with Crippen molar-refractivity contribution in [3.05, 3.63) is 77.6 Å². The molecule has 0 spiro atoms. The van der Waals surface area contributed by atoms with Crippen LogP contribution in [0.5, 0.6) is 0 Å². The third-order valence-corrected chi connectivity index (χ3v) is 6.14. The molecule has 0 bridgehead atoms. The summed E-state index contributed by atoms with van der Waals surface area (Å²) in [5.74, 6) is 0.511. The highest BCUT2D eigenvalue weighted by Crippen LogP contribution is 2.40. The fourth-order valence-electron chi connectivity index (χ4n) is 4.33. The molecule has 2 fully saturated rings. The van der Waals surface area contributed by atoms with Crippen LogP contribution in [0.15, 0.2) is 60.7 Å². The lowest BCUT2D eigenvalue weighted by Crippen LogP contribution is -2.29. The zero-order chi connectivity index (χ0) is 20.5. The second-order valence-corrected chi connectivity index (χ2v) is 8.46. The number of aromatic nitrogens is 2. The predicted molar refractivity (Wildman–Crippen MR) is 119 cm³/mol. The fraction of sp³-hybridized carbons (Fsp3) is 0.360. The molecule has 1 saturated carbocycles. The number of hydrogen-bond donors (Lipinski definition) is 0. The van der Waals surface area contributed by atoms with Gasteiger partial charge >= 0.3 is 0 Å². The van der Waals surface area contributed by atoms with Crippen LogP contribution in [0, 0.1) is 0 Å². The highest BCUT2D eigenvalue weighted by atomic mass is 16.2. The lowest BCUT2D eigenvalue weighted by Gasteiger charge is -2.24. The molecule has 2 aliphatic rings. The Balaban J connectivity index is 1.43. The molecule has 2 heterocycles. The molecule has 154 valence electrons. The summed E-state index contributed by atoms with van der Waals surface area (Å²) in [6.45, 7) is 2.78. The second kappa shape index (κ2) is 7.98. The van der Waals surface area contributed by atoms with Gasteiger partial charge in [0.15, 0.2) is 0 Å². The first-order valence-electron chi connectivity index (χ1n) is 10.9. The minimum absolute atomic E-state index is 0.00878. The van der Waals surface area contributed by atoms with Crippen LogP contribution in [0.2, 0.25) is 0 Å². The molecule has 1 aliphatic heterocycles. The van der Waals surface area contributed by atoms with Crippen LogP contribution in [0.4, 0.5) is 5.69 Å². The van der Waals surface area contributed by atoms with Gasteiger partial charge in [0, 0.05) is 38.3 Å². The second-order valence-electron chi connectivity index (χ2n) is 8.46. The quantitative estimate of drug-likeness (QED) is 0.606. The molecule has 1 saturated heterocycles. The summed E-state index contributed by atoms with van der Waals surface area (Å²) in [6, 6.07) is 20.4. The van der Waals surface area contributed by atoms with Crippen molar-refractivity contribution in [1.29, 1.82) is 0 Å². The SMILES string of the molecule is CN(Cc1ccccc1N1CCCC1)C(=O)c1cc(C2CC2)nn1-c1ccccc1. The molecule has 5 nitrogen and oxygen atoms in total. The van der Waals surface area contributed by atoms with Crippen molar-refractivity contribution < 1.29 is 4.79 Å². The van der Waals surface area contributed by atoms with Crippen molar-refractivity contribution in [2.24, 2.45) is 0 Å². The zero-order valence-electron chi connectivity index (χ0n) is 17.5. The van der Waals surface area contributed by atoms with E-state index < -0.39 is 0 Å². The molecular formula is C25H28N4O. The molecule has 0 N–H and O–H groups in total. The molecule has 3 aromatic rings. The van der Waals surface area contributed by atoms with Crippen molar-refractivity contribution in [2.45, 2.75) is 38.1 Å². The van der Waals surface area contributed by atoms with E-state index in [1.165, 1.54) is 36.9 Å². The van der Waals surface area contributed by atoms with E-state index in [0.717, 1.165) is 24.5 Å². The molecule has 1 aromatic heterocycles. The zero-order valence-corrected chi connectivity index (χ0v) is 17.5. The van der Waals surface area contributed by atoms with Gasteiger partial charge in [-0.25, -0.2) is 4.68 Å². The number of carbonyl (C=O) groups excluding carboxylic acids is 1. The number of hydrogen-bond acceptors (Lipinski definition) is 3. The Hall–Kier alpha value is -3.08. The van der Waals surface area contributed by atoms with Crippen LogP contribution < -0.4 is 4.90 Å². The highest BCUT2D eigenvalue weighted by Gasteiger charge is 2.30. The molecular weight excluding hydrogens is 372 g/mol. The third kappa shape index (κ3) is 3.72. The minimum atomic E-state index is 0.00878. The van der Waals surface area contributed by atoms with Crippen molar-refractivity contribution in [3.63, 3.8) is 0 Å². The predicted octanol–water partition coefficient (Wildman–Crippen LogP) is 4.62. The summed E-state index contributed by atoms with van der Waals surface area (Å²) in [6.07, 6.45) is 4.81. The number of para-hydroxylation sites is 2. The summed E-state index contributed by atoms with van der Waals surface area (Å²) in [5.41, 5.74) is 5.06. The van der Waals surface area contributed by atoms with E-state index in [1.54, 1.807) is 0 Å². The largest absolute Gasteiger partial charge is 0.371 e. The Morgan fingerprint density at radius 2 is 1.73 bits per heavy atom. The van der Waals surface area contributed by atoms with Gasteiger partial charge in [0.1, 0.15) is 5.69 Å². The first-order valence-corrected chi connectivity index (χ1v) is 10.9. The molecule has 5 heteroatoms. The van der Waals surface area contributed by atoms with E-state index in [-0.39, 0.29) is 5.91 Å². The van der Waals surface area contributed by atoms with Crippen LogP contribution in [-0.4, -0.2) is 40.7 Å². The molecule has 0 atom stereocenters. The van der Waals surface area contributed by atoms with Crippen molar-refractivity contribution in [1.82, 2.24) is 14.7 Å². The Morgan fingerprint density at radius 1 is 1.03 bits per heavy atom.